The van der Waals surface area contributed by atoms with E-state index in [1.807, 2.05) is 48.5 Å². The monoisotopic (exact) mass is 251 g/mol. The second-order valence-corrected chi connectivity index (χ2v) is 4.11. The number of hydrogen-bond donors (Lipinski definition) is 0. The van der Waals surface area contributed by atoms with Crippen LogP contribution in [0.1, 0.15) is 5.56 Å². The minimum absolute atomic E-state index is 0.835. The molecule has 3 rings (SSSR count). The maximum Gasteiger partial charge on any atom is 0.118 e. The summed E-state index contributed by atoms with van der Waals surface area (Å²) in [5.41, 5.74) is 1.99. The van der Waals surface area contributed by atoms with Crippen LogP contribution in [0.4, 0.5) is 0 Å². The summed E-state index contributed by atoms with van der Waals surface area (Å²) in [6, 6.07) is 15.7. The van der Waals surface area contributed by atoms with Crippen molar-refractivity contribution >= 4 is 17.1 Å². The quantitative estimate of drug-likeness (QED) is 0.671. The predicted molar refractivity (Wildman–Crippen MR) is 75.7 cm³/mol. The first-order valence-electron chi connectivity index (χ1n) is 5.98. The van der Waals surface area contributed by atoms with Gasteiger partial charge in [-0.05, 0) is 35.9 Å². The highest BCUT2D eigenvalue weighted by Gasteiger charge is 1.98. The number of rotatable bonds is 3. The average molecular weight is 251 g/mol. The summed E-state index contributed by atoms with van der Waals surface area (Å²) in [6.07, 6.45) is 3.58. The van der Waals surface area contributed by atoms with Crippen molar-refractivity contribution in [1.29, 1.82) is 0 Å². The molecular formula is C15H13N3O. The van der Waals surface area contributed by atoms with Crippen LogP contribution in [0.2, 0.25) is 0 Å². The molecule has 4 heteroatoms. The molecule has 94 valence electrons. The van der Waals surface area contributed by atoms with Crippen LogP contribution in [-0.4, -0.2) is 23.2 Å². The van der Waals surface area contributed by atoms with Crippen molar-refractivity contribution in [2.75, 3.05) is 7.11 Å². The molecule has 0 spiro atoms. The molecule has 0 radical (unpaired) electrons. The molecule has 0 atom stereocenters. The summed E-state index contributed by atoms with van der Waals surface area (Å²) in [6.45, 7) is 0. The van der Waals surface area contributed by atoms with Gasteiger partial charge in [0.05, 0.1) is 25.0 Å². The van der Waals surface area contributed by atoms with Gasteiger partial charge in [0, 0.05) is 5.39 Å². The van der Waals surface area contributed by atoms with Gasteiger partial charge in [-0.15, -0.1) is 0 Å². The van der Waals surface area contributed by atoms with Crippen LogP contribution in [0.3, 0.4) is 0 Å². The van der Waals surface area contributed by atoms with E-state index in [4.69, 9.17) is 4.74 Å². The molecule has 19 heavy (non-hydrogen) atoms. The summed E-state index contributed by atoms with van der Waals surface area (Å²) in [4.78, 5) is 1.62. The third kappa shape index (κ3) is 2.33. The highest BCUT2D eigenvalue weighted by molar-refractivity contribution is 5.82. The van der Waals surface area contributed by atoms with E-state index in [9.17, 15) is 0 Å². The van der Waals surface area contributed by atoms with Crippen LogP contribution >= 0.6 is 0 Å². The van der Waals surface area contributed by atoms with Gasteiger partial charge in [-0.25, -0.2) is 0 Å². The van der Waals surface area contributed by atoms with Gasteiger partial charge < -0.3 is 4.74 Å². The predicted octanol–water partition coefficient (Wildman–Crippen LogP) is 2.93. The molecule has 0 aliphatic heterocycles. The minimum Gasteiger partial charge on any atom is -0.497 e. The van der Waals surface area contributed by atoms with E-state index < -0.39 is 0 Å². The number of ether oxygens (including phenoxy) is 1. The van der Waals surface area contributed by atoms with Crippen molar-refractivity contribution in [3.63, 3.8) is 0 Å². The zero-order valence-electron chi connectivity index (χ0n) is 10.5. The summed E-state index contributed by atoms with van der Waals surface area (Å²) >= 11 is 0. The first-order valence-corrected chi connectivity index (χ1v) is 5.98. The van der Waals surface area contributed by atoms with E-state index >= 15 is 0 Å². The van der Waals surface area contributed by atoms with Crippen molar-refractivity contribution < 1.29 is 4.74 Å². The van der Waals surface area contributed by atoms with Crippen LogP contribution in [0.5, 0.6) is 5.75 Å². The fourth-order valence-electron chi connectivity index (χ4n) is 1.86. The first kappa shape index (κ1) is 11.5. The zero-order valence-corrected chi connectivity index (χ0v) is 10.5. The normalized spacial score (nSPS) is 11.2. The molecular weight excluding hydrogens is 238 g/mol. The van der Waals surface area contributed by atoms with Gasteiger partial charge in [-0.2, -0.15) is 15.0 Å². The molecule has 0 unspecified atom stereocenters. The van der Waals surface area contributed by atoms with Gasteiger partial charge in [-0.3, -0.25) is 0 Å². The van der Waals surface area contributed by atoms with Crippen molar-refractivity contribution in [3.05, 3.63) is 60.3 Å². The maximum absolute atomic E-state index is 5.12. The molecule has 0 saturated carbocycles. The van der Waals surface area contributed by atoms with E-state index in [2.05, 4.69) is 10.2 Å². The molecule has 0 aliphatic carbocycles. The van der Waals surface area contributed by atoms with E-state index in [0.717, 1.165) is 22.2 Å². The van der Waals surface area contributed by atoms with Crippen LogP contribution in [0.15, 0.2) is 59.8 Å². The lowest BCUT2D eigenvalue weighted by molar-refractivity contribution is 0.415. The Bertz CT molecular complexity index is 714. The lowest BCUT2D eigenvalue weighted by Crippen LogP contribution is -1.92. The van der Waals surface area contributed by atoms with E-state index in [-0.39, 0.29) is 0 Å². The number of aromatic nitrogens is 2. The smallest absolute Gasteiger partial charge is 0.118 e. The number of methoxy groups -OCH3 is 1. The molecule has 1 heterocycles. The Labute approximate surface area is 110 Å². The summed E-state index contributed by atoms with van der Waals surface area (Å²) < 4.78 is 5.12. The molecule has 0 saturated heterocycles. The lowest BCUT2D eigenvalue weighted by atomic mass is 10.2. The molecule has 1 aromatic heterocycles. The number of nitrogens with zero attached hydrogens (tertiary/aromatic N) is 3. The van der Waals surface area contributed by atoms with Crippen molar-refractivity contribution in [2.24, 2.45) is 5.10 Å². The number of para-hydroxylation sites is 1. The van der Waals surface area contributed by atoms with Crippen molar-refractivity contribution in [3.8, 4) is 5.75 Å². The highest BCUT2D eigenvalue weighted by atomic mass is 16.5. The van der Waals surface area contributed by atoms with Crippen LogP contribution < -0.4 is 4.74 Å². The maximum atomic E-state index is 5.12. The summed E-state index contributed by atoms with van der Waals surface area (Å²) in [7, 11) is 1.65. The van der Waals surface area contributed by atoms with E-state index in [1.165, 1.54) is 0 Å². The Balaban J connectivity index is 1.89. The Hall–Kier alpha value is -2.62. The summed E-state index contributed by atoms with van der Waals surface area (Å²) in [5.74, 6) is 0.835. The fourth-order valence-corrected chi connectivity index (χ4v) is 1.86. The summed E-state index contributed by atoms with van der Waals surface area (Å²) in [5, 5.41) is 9.68. The standard InChI is InChI=1S/C15H13N3O/c1-19-14-8-6-12(7-9-14)10-16-18-15-5-3-2-4-13(15)11-17-18/h2-11H,1H3/b16-10-. The van der Waals surface area contributed by atoms with Gasteiger partial charge >= 0.3 is 0 Å². The van der Waals surface area contributed by atoms with Gasteiger partial charge in [-0.1, -0.05) is 18.2 Å². The molecule has 0 aliphatic rings. The van der Waals surface area contributed by atoms with Gasteiger partial charge in [0.25, 0.3) is 0 Å². The third-order valence-corrected chi connectivity index (χ3v) is 2.89. The lowest BCUT2D eigenvalue weighted by Gasteiger charge is -1.99. The molecule has 0 amide bonds. The Kier molecular flexibility index (Phi) is 2.98. The molecule has 3 aromatic rings. The number of hydrogen-bond acceptors (Lipinski definition) is 3. The van der Waals surface area contributed by atoms with E-state index in [1.54, 1.807) is 24.3 Å². The second kappa shape index (κ2) is 4.94. The van der Waals surface area contributed by atoms with Crippen molar-refractivity contribution in [1.82, 2.24) is 9.89 Å². The Morgan fingerprint density at radius 2 is 1.89 bits per heavy atom. The van der Waals surface area contributed by atoms with Crippen LogP contribution in [-0.2, 0) is 0 Å². The Morgan fingerprint density at radius 1 is 1.11 bits per heavy atom. The highest BCUT2D eigenvalue weighted by Crippen LogP contribution is 2.13. The van der Waals surface area contributed by atoms with Crippen molar-refractivity contribution in [2.45, 2.75) is 0 Å². The number of fused-ring (bicyclic) bond motifs is 1. The van der Waals surface area contributed by atoms with Gasteiger partial charge in [0.15, 0.2) is 0 Å². The second-order valence-electron chi connectivity index (χ2n) is 4.11. The first-order chi connectivity index (χ1) is 9.36. The molecule has 4 nitrogen and oxygen atoms in total. The number of benzene rings is 2. The molecule has 2 aromatic carbocycles. The average Bonchev–Trinajstić information content (AvgIpc) is 2.89. The SMILES string of the molecule is COc1ccc(/C=N\n2ncc3ccccc32)cc1. The minimum atomic E-state index is 0.835. The fraction of sp³-hybridized carbons (Fsp3) is 0.0667. The largest absolute Gasteiger partial charge is 0.497 e. The van der Waals surface area contributed by atoms with E-state index in [0.29, 0.717) is 0 Å². The van der Waals surface area contributed by atoms with Gasteiger partial charge in [0.1, 0.15) is 5.75 Å². The molecule has 0 bridgehead atoms. The van der Waals surface area contributed by atoms with Gasteiger partial charge in [0.2, 0.25) is 0 Å². The molecule has 0 N–H and O–H groups in total. The van der Waals surface area contributed by atoms with Crippen LogP contribution in [0, 0.1) is 0 Å². The zero-order chi connectivity index (χ0) is 13.1. The third-order valence-electron chi connectivity index (χ3n) is 2.89. The Morgan fingerprint density at radius 3 is 2.68 bits per heavy atom. The topological polar surface area (TPSA) is 39.4 Å². The molecule has 0 fully saturated rings. The van der Waals surface area contributed by atoms with Crippen LogP contribution in [0.25, 0.3) is 10.9 Å².